The van der Waals surface area contributed by atoms with Gasteiger partial charge in [-0.1, -0.05) is 112 Å². The Morgan fingerprint density at radius 2 is 1.21 bits per heavy atom. The number of aliphatic carboxylic acids is 1. The number of carbonyl (C=O) groups is 1. The molecule has 0 radical (unpaired) electrons. The molecular weight excluding hydrogens is 443 g/mol. The molecule has 0 spiro atoms. The number of nitrogens with one attached hydrogen (secondary N) is 1. The standard InChI is InChI=1S/C25H27NO.C2HF3O2/c1-24(2,3)23-25(20-15-9-5-10-16-20,21-17-11-6-12-18-21)27-22(26-23)19-13-7-4-8-14-19;3-2(4,5)1(6)7/h4-18,22-23,26H,1-3H3;(H,6,7)/t22-,23-;/m0./s1. The van der Waals surface area contributed by atoms with Crippen molar-refractivity contribution in [1.82, 2.24) is 5.32 Å². The van der Waals surface area contributed by atoms with E-state index in [9.17, 15) is 13.2 Å². The van der Waals surface area contributed by atoms with E-state index >= 15 is 0 Å². The van der Waals surface area contributed by atoms with Crippen LogP contribution in [0.3, 0.4) is 0 Å². The minimum Gasteiger partial charge on any atom is -0.475 e. The fourth-order valence-electron chi connectivity index (χ4n) is 4.22. The number of hydrogen-bond acceptors (Lipinski definition) is 3. The van der Waals surface area contributed by atoms with E-state index in [1.165, 1.54) is 11.1 Å². The van der Waals surface area contributed by atoms with Gasteiger partial charge in [-0.15, -0.1) is 0 Å². The third-order valence-electron chi connectivity index (χ3n) is 5.64. The highest BCUT2D eigenvalue weighted by molar-refractivity contribution is 5.73. The third kappa shape index (κ3) is 5.48. The molecule has 4 rings (SSSR count). The molecule has 1 fully saturated rings. The van der Waals surface area contributed by atoms with Crippen LogP contribution >= 0.6 is 0 Å². The van der Waals surface area contributed by atoms with E-state index in [1.54, 1.807) is 0 Å². The predicted octanol–water partition coefficient (Wildman–Crippen LogP) is 6.30. The van der Waals surface area contributed by atoms with Gasteiger partial charge in [-0.2, -0.15) is 13.2 Å². The summed E-state index contributed by atoms with van der Waals surface area (Å²) in [5.74, 6) is -2.76. The summed E-state index contributed by atoms with van der Waals surface area (Å²) < 4.78 is 38.7. The zero-order chi connectivity index (χ0) is 25.0. The second-order valence-electron chi connectivity index (χ2n) is 9.14. The Morgan fingerprint density at radius 3 is 1.56 bits per heavy atom. The molecule has 1 saturated heterocycles. The van der Waals surface area contributed by atoms with E-state index in [1.807, 2.05) is 6.07 Å². The first-order valence-electron chi connectivity index (χ1n) is 10.9. The van der Waals surface area contributed by atoms with Gasteiger partial charge in [0.15, 0.2) is 0 Å². The average Bonchev–Trinajstić information content (AvgIpc) is 3.23. The third-order valence-corrected chi connectivity index (χ3v) is 5.64. The van der Waals surface area contributed by atoms with Crippen LogP contribution in [0.15, 0.2) is 91.0 Å². The normalized spacial score (nSPS) is 19.7. The maximum absolute atomic E-state index is 10.6. The van der Waals surface area contributed by atoms with Gasteiger partial charge < -0.3 is 9.84 Å². The SMILES string of the molecule is CC(C)(C)[C@@H]1N[C@H](c2ccccc2)OC1(c1ccccc1)c1ccccc1.O=C(O)C(F)(F)F. The smallest absolute Gasteiger partial charge is 0.475 e. The first-order chi connectivity index (χ1) is 16.0. The summed E-state index contributed by atoms with van der Waals surface area (Å²) in [6, 6.07) is 31.8. The van der Waals surface area contributed by atoms with Crippen LogP contribution < -0.4 is 5.32 Å². The Morgan fingerprint density at radius 1 is 0.824 bits per heavy atom. The van der Waals surface area contributed by atoms with Gasteiger partial charge in [0.2, 0.25) is 0 Å². The quantitative estimate of drug-likeness (QED) is 0.471. The van der Waals surface area contributed by atoms with Gasteiger partial charge in [-0.25, -0.2) is 4.79 Å². The molecule has 34 heavy (non-hydrogen) atoms. The van der Waals surface area contributed by atoms with E-state index in [4.69, 9.17) is 14.6 Å². The number of benzene rings is 3. The molecule has 0 aliphatic carbocycles. The van der Waals surface area contributed by atoms with Crippen molar-refractivity contribution in [2.45, 2.75) is 44.8 Å². The molecule has 7 heteroatoms. The van der Waals surface area contributed by atoms with E-state index in [-0.39, 0.29) is 17.7 Å². The summed E-state index contributed by atoms with van der Waals surface area (Å²) in [7, 11) is 0. The number of hydrogen-bond donors (Lipinski definition) is 2. The van der Waals surface area contributed by atoms with E-state index in [0.29, 0.717) is 0 Å². The van der Waals surface area contributed by atoms with E-state index < -0.39 is 17.7 Å². The molecule has 2 N–H and O–H groups in total. The topological polar surface area (TPSA) is 58.6 Å². The molecule has 4 nitrogen and oxygen atoms in total. The molecule has 2 atom stereocenters. The van der Waals surface area contributed by atoms with Crippen molar-refractivity contribution in [2.24, 2.45) is 5.41 Å². The first kappa shape index (κ1) is 25.5. The number of carboxylic acid groups (broad SMARTS) is 1. The van der Waals surface area contributed by atoms with Crippen LogP contribution in [0.2, 0.25) is 0 Å². The van der Waals surface area contributed by atoms with Crippen molar-refractivity contribution in [1.29, 1.82) is 0 Å². The highest BCUT2D eigenvalue weighted by Crippen LogP contribution is 2.50. The van der Waals surface area contributed by atoms with Gasteiger partial charge in [-0.3, -0.25) is 5.32 Å². The molecule has 1 aliphatic heterocycles. The Bertz CT molecular complexity index is 1030. The van der Waals surface area contributed by atoms with Gasteiger partial charge in [0.25, 0.3) is 0 Å². The molecule has 0 amide bonds. The highest BCUT2D eigenvalue weighted by atomic mass is 19.4. The molecule has 0 aromatic heterocycles. The van der Waals surface area contributed by atoms with Gasteiger partial charge in [0.05, 0.1) is 6.04 Å². The fraction of sp³-hybridized carbons (Fsp3) is 0.296. The van der Waals surface area contributed by atoms with Crippen molar-refractivity contribution in [3.05, 3.63) is 108 Å². The number of ether oxygens (including phenoxy) is 1. The monoisotopic (exact) mass is 471 g/mol. The lowest BCUT2D eigenvalue weighted by Crippen LogP contribution is -2.50. The molecule has 3 aromatic rings. The zero-order valence-corrected chi connectivity index (χ0v) is 19.2. The Hall–Kier alpha value is -3.16. The number of halogens is 3. The summed E-state index contributed by atoms with van der Waals surface area (Å²) in [6.45, 7) is 6.84. The van der Waals surface area contributed by atoms with Gasteiger partial charge in [0.1, 0.15) is 11.8 Å². The van der Waals surface area contributed by atoms with Crippen molar-refractivity contribution in [2.75, 3.05) is 0 Å². The van der Waals surface area contributed by atoms with Crippen LogP contribution in [0.5, 0.6) is 0 Å². The van der Waals surface area contributed by atoms with Crippen molar-refractivity contribution in [3.8, 4) is 0 Å². The molecule has 0 unspecified atom stereocenters. The highest BCUT2D eigenvalue weighted by Gasteiger charge is 2.55. The Balaban J connectivity index is 0.000000406. The van der Waals surface area contributed by atoms with Crippen LogP contribution in [-0.4, -0.2) is 23.3 Å². The lowest BCUT2D eigenvalue weighted by atomic mass is 9.70. The molecule has 1 heterocycles. The van der Waals surface area contributed by atoms with Crippen LogP contribution in [0.4, 0.5) is 13.2 Å². The molecule has 180 valence electrons. The summed E-state index contributed by atoms with van der Waals surface area (Å²) in [4.78, 5) is 8.90. The second-order valence-corrected chi connectivity index (χ2v) is 9.14. The lowest BCUT2D eigenvalue weighted by molar-refractivity contribution is -0.192. The minimum absolute atomic E-state index is 0.00475. The van der Waals surface area contributed by atoms with Gasteiger partial charge in [-0.05, 0) is 22.1 Å². The maximum atomic E-state index is 10.6. The average molecular weight is 472 g/mol. The summed E-state index contributed by atoms with van der Waals surface area (Å²) in [5.41, 5.74) is 2.96. The Labute approximate surface area is 197 Å². The summed E-state index contributed by atoms with van der Waals surface area (Å²) >= 11 is 0. The molecule has 1 aliphatic rings. The van der Waals surface area contributed by atoms with Crippen molar-refractivity contribution >= 4 is 5.97 Å². The largest absolute Gasteiger partial charge is 0.490 e. The summed E-state index contributed by atoms with van der Waals surface area (Å²) in [6.07, 6.45) is -5.24. The van der Waals surface area contributed by atoms with Crippen LogP contribution in [0.1, 0.15) is 43.7 Å². The second kappa shape index (κ2) is 9.99. The van der Waals surface area contributed by atoms with Crippen LogP contribution in [0.25, 0.3) is 0 Å². The predicted molar refractivity (Wildman–Crippen MR) is 124 cm³/mol. The van der Waals surface area contributed by atoms with Crippen molar-refractivity contribution < 1.29 is 27.8 Å². The minimum atomic E-state index is -5.08. The molecule has 3 aromatic carbocycles. The Kier molecular flexibility index (Phi) is 7.48. The molecular formula is C27H28F3NO3. The molecule has 0 saturated carbocycles. The van der Waals surface area contributed by atoms with E-state index in [0.717, 1.165) is 5.56 Å². The maximum Gasteiger partial charge on any atom is 0.490 e. The van der Waals surface area contributed by atoms with Crippen LogP contribution in [0, 0.1) is 5.41 Å². The first-order valence-corrected chi connectivity index (χ1v) is 10.9. The summed E-state index contributed by atoms with van der Waals surface area (Å²) in [5, 5.41) is 10.9. The number of rotatable bonds is 3. The number of carboxylic acids is 1. The van der Waals surface area contributed by atoms with E-state index in [2.05, 4.69) is 111 Å². The van der Waals surface area contributed by atoms with Crippen LogP contribution in [-0.2, 0) is 15.1 Å². The van der Waals surface area contributed by atoms with Crippen molar-refractivity contribution in [3.63, 3.8) is 0 Å². The fourth-order valence-corrected chi connectivity index (χ4v) is 4.22. The number of alkyl halides is 3. The zero-order valence-electron chi connectivity index (χ0n) is 19.2. The van der Waals surface area contributed by atoms with Gasteiger partial charge in [0, 0.05) is 0 Å². The van der Waals surface area contributed by atoms with Gasteiger partial charge >= 0.3 is 12.1 Å². The lowest BCUT2D eigenvalue weighted by Gasteiger charge is -2.41. The molecule has 0 bridgehead atoms.